The first-order chi connectivity index (χ1) is 11.1. The van der Waals surface area contributed by atoms with Gasteiger partial charge in [-0.25, -0.2) is 0 Å². The van der Waals surface area contributed by atoms with Crippen LogP contribution in [-0.2, 0) is 4.79 Å². The van der Waals surface area contributed by atoms with Crippen LogP contribution in [0.4, 0.5) is 5.69 Å². The molecule has 0 radical (unpaired) electrons. The molecule has 1 heterocycles. The molecule has 0 aromatic heterocycles. The van der Waals surface area contributed by atoms with Crippen LogP contribution in [-0.4, -0.2) is 38.2 Å². The Morgan fingerprint density at radius 3 is 2.96 bits per heavy atom. The van der Waals surface area contributed by atoms with Crippen molar-refractivity contribution in [1.29, 1.82) is 0 Å². The first kappa shape index (κ1) is 16.1. The van der Waals surface area contributed by atoms with Crippen molar-refractivity contribution in [2.24, 2.45) is 11.7 Å². The van der Waals surface area contributed by atoms with E-state index in [1.165, 1.54) is 5.69 Å². The minimum absolute atomic E-state index is 0.0369. The van der Waals surface area contributed by atoms with Gasteiger partial charge in [0.2, 0.25) is 5.91 Å². The number of hydrogen-bond acceptors (Lipinski definition) is 4. The van der Waals surface area contributed by atoms with Crippen molar-refractivity contribution >= 4 is 11.6 Å². The Morgan fingerprint density at radius 2 is 2.22 bits per heavy atom. The molecule has 1 atom stereocenters. The van der Waals surface area contributed by atoms with Crippen LogP contribution >= 0.6 is 0 Å². The van der Waals surface area contributed by atoms with E-state index in [2.05, 4.69) is 22.3 Å². The molecule has 3 N–H and O–H groups in total. The van der Waals surface area contributed by atoms with Gasteiger partial charge in [-0.2, -0.15) is 0 Å². The van der Waals surface area contributed by atoms with Gasteiger partial charge in [0.25, 0.3) is 0 Å². The summed E-state index contributed by atoms with van der Waals surface area (Å²) in [7, 11) is 1.69. The number of carbonyl (C=O) groups excluding carboxylic acids is 1. The maximum atomic E-state index is 12.3. The number of nitrogens with zero attached hydrogens (tertiary/aromatic N) is 1. The summed E-state index contributed by atoms with van der Waals surface area (Å²) in [5, 5.41) is 3.09. The number of carbonyl (C=O) groups is 1. The molecular weight excluding hydrogens is 290 g/mol. The van der Waals surface area contributed by atoms with Crippen LogP contribution < -0.4 is 20.7 Å². The first-order valence-electron chi connectivity index (χ1n) is 8.57. The maximum absolute atomic E-state index is 12.3. The average molecular weight is 317 g/mol. The molecule has 5 nitrogen and oxygen atoms in total. The number of nitrogens with two attached hydrogens (primary N) is 1. The highest BCUT2D eigenvalue weighted by Gasteiger charge is 2.37. The zero-order valence-corrected chi connectivity index (χ0v) is 13.9. The van der Waals surface area contributed by atoms with Crippen LogP contribution in [0.3, 0.4) is 0 Å². The molecule has 1 saturated carbocycles. The van der Waals surface area contributed by atoms with E-state index >= 15 is 0 Å². The van der Waals surface area contributed by atoms with E-state index in [0.717, 1.165) is 57.5 Å². The number of amides is 1. The number of anilines is 1. The first-order valence-corrected chi connectivity index (χ1v) is 8.57. The van der Waals surface area contributed by atoms with E-state index in [9.17, 15) is 4.79 Å². The molecule has 1 amide bonds. The van der Waals surface area contributed by atoms with Crippen molar-refractivity contribution < 1.29 is 9.53 Å². The van der Waals surface area contributed by atoms with Gasteiger partial charge in [0.05, 0.1) is 12.6 Å². The summed E-state index contributed by atoms with van der Waals surface area (Å²) < 4.78 is 5.29. The molecule has 2 aliphatic rings. The SMILES string of the molecule is COc1cccc(N2CCC(CNC(=O)C3(N)CCCC3)C2)c1. The zero-order valence-electron chi connectivity index (χ0n) is 13.9. The third kappa shape index (κ3) is 3.61. The number of ether oxygens (including phenoxy) is 1. The predicted octanol–water partition coefficient (Wildman–Crippen LogP) is 1.91. The summed E-state index contributed by atoms with van der Waals surface area (Å²) in [6, 6.07) is 8.15. The normalized spacial score (nSPS) is 23.0. The summed E-state index contributed by atoms with van der Waals surface area (Å²) in [6.07, 6.45) is 4.86. The summed E-state index contributed by atoms with van der Waals surface area (Å²) in [4.78, 5) is 14.6. The third-order valence-corrected chi connectivity index (χ3v) is 5.20. The lowest BCUT2D eigenvalue weighted by Gasteiger charge is -2.24. The van der Waals surface area contributed by atoms with E-state index in [0.29, 0.717) is 5.92 Å². The van der Waals surface area contributed by atoms with Crippen LogP contribution in [0.25, 0.3) is 0 Å². The predicted molar refractivity (Wildman–Crippen MR) is 91.7 cm³/mol. The number of nitrogens with one attached hydrogen (secondary N) is 1. The van der Waals surface area contributed by atoms with Crippen molar-refractivity contribution in [3.8, 4) is 5.75 Å². The van der Waals surface area contributed by atoms with Crippen molar-refractivity contribution in [2.45, 2.75) is 37.6 Å². The Kier molecular flexibility index (Phi) is 4.76. The topological polar surface area (TPSA) is 67.6 Å². The Labute approximate surface area is 138 Å². The van der Waals surface area contributed by atoms with Crippen LogP contribution in [0.1, 0.15) is 32.1 Å². The summed E-state index contributed by atoms with van der Waals surface area (Å²) >= 11 is 0. The lowest BCUT2D eigenvalue weighted by molar-refractivity contribution is -0.126. The van der Waals surface area contributed by atoms with Gasteiger partial charge in [-0.15, -0.1) is 0 Å². The van der Waals surface area contributed by atoms with Crippen LogP contribution in [0, 0.1) is 5.92 Å². The number of benzene rings is 1. The van der Waals surface area contributed by atoms with Gasteiger partial charge in [0, 0.05) is 31.4 Å². The minimum atomic E-state index is -0.620. The monoisotopic (exact) mass is 317 g/mol. The van der Waals surface area contributed by atoms with Gasteiger partial charge >= 0.3 is 0 Å². The Hall–Kier alpha value is -1.75. The fraction of sp³-hybridized carbons (Fsp3) is 0.611. The van der Waals surface area contributed by atoms with Crippen LogP contribution in [0.2, 0.25) is 0 Å². The van der Waals surface area contributed by atoms with Crippen molar-refractivity contribution in [3.63, 3.8) is 0 Å². The molecule has 2 fully saturated rings. The standard InChI is InChI=1S/C18H27N3O2/c1-23-16-6-4-5-15(11-16)21-10-7-14(13-21)12-20-17(22)18(19)8-2-3-9-18/h4-6,11,14H,2-3,7-10,12-13,19H2,1H3,(H,20,22). The highest BCUT2D eigenvalue weighted by molar-refractivity contribution is 5.86. The van der Waals surface area contributed by atoms with Crippen LogP contribution in [0.15, 0.2) is 24.3 Å². The van der Waals surface area contributed by atoms with Crippen molar-refractivity contribution in [2.75, 3.05) is 31.6 Å². The summed E-state index contributed by atoms with van der Waals surface area (Å²) in [6.45, 7) is 2.70. The molecule has 1 aliphatic heterocycles. The second-order valence-electron chi connectivity index (χ2n) is 6.88. The largest absolute Gasteiger partial charge is 0.497 e. The minimum Gasteiger partial charge on any atom is -0.497 e. The lowest BCUT2D eigenvalue weighted by atomic mass is 9.97. The van der Waals surface area contributed by atoms with Crippen LogP contribution in [0.5, 0.6) is 5.75 Å². The van der Waals surface area contributed by atoms with Crippen molar-refractivity contribution in [3.05, 3.63) is 24.3 Å². The third-order valence-electron chi connectivity index (χ3n) is 5.20. The molecule has 0 bridgehead atoms. The second-order valence-corrected chi connectivity index (χ2v) is 6.88. The van der Waals surface area contributed by atoms with E-state index in [1.807, 2.05) is 12.1 Å². The quantitative estimate of drug-likeness (QED) is 0.870. The molecule has 126 valence electrons. The Balaban J connectivity index is 1.51. The maximum Gasteiger partial charge on any atom is 0.240 e. The van der Waals surface area contributed by atoms with E-state index in [1.54, 1.807) is 7.11 Å². The average Bonchev–Trinajstić information content (AvgIpc) is 3.22. The van der Waals surface area contributed by atoms with Gasteiger partial charge in [0.1, 0.15) is 5.75 Å². The summed E-state index contributed by atoms with van der Waals surface area (Å²) in [5.41, 5.74) is 6.77. The van der Waals surface area contributed by atoms with E-state index in [4.69, 9.17) is 10.5 Å². The lowest BCUT2D eigenvalue weighted by Crippen LogP contribution is -2.52. The number of methoxy groups -OCH3 is 1. The molecule has 23 heavy (non-hydrogen) atoms. The smallest absolute Gasteiger partial charge is 0.240 e. The number of hydrogen-bond donors (Lipinski definition) is 2. The fourth-order valence-electron chi connectivity index (χ4n) is 3.69. The molecule has 1 aromatic carbocycles. The second kappa shape index (κ2) is 6.79. The molecule has 0 spiro atoms. The van der Waals surface area contributed by atoms with E-state index < -0.39 is 5.54 Å². The molecule has 1 unspecified atom stereocenters. The molecule has 1 aromatic rings. The molecule has 3 rings (SSSR count). The van der Waals surface area contributed by atoms with Gasteiger partial charge in [-0.1, -0.05) is 18.9 Å². The highest BCUT2D eigenvalue weighted by Crippen LogP contribution is 2.28. The fourth-order valence-corrected chi connectivity index (χ4v) is 3.69. The van der Waals surface area contributed by atoms with Gasteiger partial charge in [-0.05, 0) is 37.3 Å². The van der Waals surface area contributed by atoms with Gasteiger partial charge in [0.15, 0.2) is 0 Å². The van der Waals surface area contributed by atoms with Crippen molar-refractivity contribution in [1.82, 2.24) is 5.32 Å². The van der Waals surface area contributed by atoms with Gasteiger partial charge in [-0.3, -0.25) is 4.79 Å². The van der Waals surface area contributed by atoms with E-state index in [-0.39, 0.29) is 5.91 Å². The number of rotatable bonds is 5. The molecular formula is C18H27N3O2. The molecule has 1 saturated heterocycles. The highest BCUT2D eigenvalue weighted by atomic mass is 16.5. The molecule has 1 aliphatic carbocycles. The van der Waals surface area contributed by atoms with Gasteiger partial charge < -0.3 is 20.7 Å². The zero-order chi connectivity index (χ0) is 16.3. The Bertz CT molecular complexity index is 555. The summed E-state index contributed by atoms with van der Waals surface area (Å²) in [5.74, 6) is 1.40. The Morgan fingerprint density at radius 1 is 1.43 bits per heavy atom. The molecule has 5 heteroatoms.